The summed E-state index contributed by atoms with van der Waals surface area (Å²) < 4.78 is 9.98. The third-order valence-corrected chi connectivity index (χ3v) is 3.27. The smallest absolute Gasteiger partial charge is 0.310 e. The van der Waals surface area contributed by atoms with E-state index in [-0.39, 0.29) is 23.6 Å². The first-order valence-electron chi connectivity index (χ1n) is 6.50. The Morgan fingerprint density at radius 2 is 2.37 bits per heavy atom. The number of nitrogens with zero attached hydrogens (tertiary/aromatic N) is 2. The van der Waals surface area contributed by atoms with Gasteiger partial charge in [-0.2, -0.15) is 0 Å². The maximum Gasteiger partial charge on any atom is 0.310 e. The predicted molar refractivity (Wildman–Crippen MR) is 66.5 cm³/mol. The van der Waals surface area contributed by atoms with Crippen LogP contribution in [0, 0.1) is 12.8 Å². The van der Waals surface area contributed by atoms with Crippen molar-refractivity contribution in [3.05, 3.63) is 17.5 Å². The molecule has 1 aromatic heterocycles. The van der Waals surface area contributed by atoms with Gasteiger partial charge in [-0.3, -0.25) is 9.59 Å². The molecule has 0 saturated carbocycles. The quantitative estimate of drug-likeness (QED) is 0.773. The van der Waals surface area contributed by atoms with Gasteiger partial charge in [0.15, 0.2) is 0 Å². The topological polar surface area (TPSA) is 72.6 Å². The number of aryl methyl sites for hydroxylation is 1. The number of esters is 1. The van der Waals surface area contributed by atoms with Crippen molar-refractivity contribution < 1.29 is 18.8 Å². The maximum absolute atomic E-state index is 12.2. The molecule has 0 N–H and O–H groups in total. The lowest BCUT2D eigenvalue weighted by molar-refractivity contribution is -0.149. The number of piperidine rings is 1. The number of likely N-dealkylation sites (tertiary alicyclic amines) is 1. The average molecular weight is 266 g/mol. The minimum Gasteiger partial charge on any atom is -0.466 e. The standard InChI is InChI=1S/C13H18N2O4/c1-3-18-13(17)10-5-4-6-15(8-10)12(16)11-9(2)7-14-19-11/h7,10H,3-6,8H2,1-2H3. The number of ether oxygens (including phenoxy) is 1. The highest BCUT2D eigenvalue weighted by Crippen LogP contribution is 2.20. The van der Waals surface area contributed by atoms with Gasteiger partial charge in [0.25, 0.3) is 5.91 Å². The second-order valence-electron chi connectivity index (χ2n) is 4.68. The number of rotatable bonds is 3. The van der Waals surface area contributed by atoms with Gasteiger partial charge in [0.2, 0.25) is 5.76 Å². The number of aromatic nitrogens is 1. The number of carbonyl (C=O) groups excluding carboxylic acids is 2. The Kier molecular flexibility index (Phi) is 4.19. The Morgan fingerprint density at radius 1 is 1.58 bits per heavy atom. The molecule has 104 valence electrons. The van der Waals surface area contributed by atoms with Crippen molar-refractivity contribution in [2.24, 2.45) is 5.92 Å². The molecule has 1 fully saturated rings. The third-order valence-electron chi connectivity index (χ3n) is 3.27. The van der Waals surface area contributed by atoms with Crippen LogP contribution >= 0.6 is 0 Å². The second kappa shape index (κ2) is 5.86. The Hall–Kier alpha value is -1.85. The number of hydrogen-bond acceptors (Lipinski definition) is 5. The SMILES string of the molecule is CCOC(=O)C1CCCN(C(=O)c2oncc2C)C1. The van der Waals surface area contributed by atoms with Crippen LogP contribution in [0.2, 0.25) is 0 Å². The molecule has 0 bridgehead atoms. The van der Waals surface area contributed by atoms with Crippen LogP contribution in [0.25, 0.3) is 0 Å². The van der Waals surface area contributed by atoms with E-state index in [1.807, 2.05) is 0 Å². The summed E-state index contributed by atoms with van der Waals surface area (Å²) in [7, 11) is 0. The summed E-state index contributed by atoms with van der Waals surface area (Å²) in [6.45, 7) is 4.94. The molecule has 1 aliphatic rings. The lowest BCUT2D eigenvalue weighted by atomic mass is 9.98. The van der Waals surface area contributed by atoms with Gasteiger partial charge in [0.1, 0.15) is 0 Å². The van der Waals surface area contributed by atoms with Gasteiger partial charge in [0.05, 0.1) is 18.7 Å². The van der Waals surface area contributed by atoms with Crippen LogP contribution in [-0.4, -0.2) is 41.6 Å². The molecular weight excluding hydrogens is 248 g/mol. The minimum absolute atomic E-state index is 0.205. The highest BCUT2D eigenvalue weighted by Gasteiger charge is 2.31. The third kappa shape index (κ3) is 2.94. The molecule has 1 amide bonds. The molecule has 0 radical (unpaired) electrons. The van der Waals surface area contributed by atoms with E-state index in [0.29, 0.717) is 25.3 Å². The molecular formula is C13H18N2O4. The normalized spacial score (nSPS) is 19.3. The Labute approximate surface area is 111 Å². The van der Waals surface area contributed by atoms with Gasteiger partial charge in [-0.15, -0.1) is 0 Å². The summed E-state index contributed by atoms with van der Waals surface area (Å²) in [5.41, 5.74) is 0.711. The molecule has 0 aromatic carbocycles. The van der Waals surface area contributed by atoms with Crippen LogP contribution in [0.3, 0.4) is 0 Å². The molecule has 6 heteroatoms. The molecule has 1 saturated heterocycles. The fourth-order valence-corrected chi connectivity index (χ4v) is 2.25. The van der Waals surface area contributed by atoms with Crippen LogP contribution in [0.5, 0.6) is 0 Å². The predicted octanol–water partition coefficient (Wildman–Crippen LogP) is 1.40. The van der Waals surface area contributed by atoms with E-state index >= 15 is 0 Å². The monoisotopic (exact) mass is 266 g/mol. The van der Waals surface area contributed by atoms with Crippen LogP contribution in [-0.2, 0) is 9.53 Å². The summed E-state index contributed by atoms with van der Waals surface area (Å²) in [4.78, 5) is 25.6. The summed E-state index contributed by atoms with van der Waals surface area (Å²) in [5.74, 6) is -0.413. The van der Waals surface area contributed by atoms with Crippen molar-refractivity contribution in [1.29, 1.82) is 0 Å². The van der Waals surface area contributed by atoms with Crippen LogP contribution < -0.4 is 0 Å². The molecule has 2 heterocycles. The molecule has 1 aromatic rings. The average Bonchev–Trinajstić information content (AvgIpc) is 2.84. The summed E-state index contributed by atoms with van der Waals surface area (Å²) >= 11 is 0. The fraction of sp³-hybridized carbons (Fsp3) is 0.615. The van der Waals surface area contributed by atoms with E-state index in [4.69, 9.17) is 9.26 Å². The zero-order valence-corrected chi connectivity index (χ0v) is 11.2. The molecule has 1 aliphatic heterocycles. The second-order valence-corrected chi connectivity index (χ2v) is 4.68. The van der Waals surface area contributed by atoms with E-state index in [0.717, 1.165) is 12.8 Å². The van der Waals surface area contributed by atoms with Gasteiger partial charge in [-0.1, -0.05) is 5.16 Å². The summed E-state index contributed by atoms with van der Waals surface area (Å²) in [5, 5.41) is 3.61. The number of carbonyl (C=O) groups is 2. The molecule has 0 spiro atoms. The first kappa shape index (κ1) is 13.6. The van der Waals surface area contributed by atoms with Crippen molar-refractivity contribution in [3.63, 3.8) is 0 Å². The highest BCUT2D eigenvalue weighted by atomic mass is 16.5. The largest absolute Gasteiger partial charge is 0.466 e. The summed E-state index contributed by atoms with van der Waals surface area (Å²) in [6.07, 6.45) is 3.07. The lowest BCUT2D eigenvalue weighted by Gasteiger charge is -2.30. The zero-order chi connectivity index (χ0) is 13.8. The molecule has 1 unspecified atom stereocenters. The van der Waals surface area contributed by atoms with E-state index in [1.165, 1.54) is 6.20 Å². The fourth-order valence-electron chi connectivity index (χ4n) is 2.25. The Bertz CT molecular complexity index is 469. The van der Waals surface area contributed by atoms with Crippen LogP contribution in [0.1, 0.15) is 35.9 Å². The van der Waals surface area contributed by atoms with E-state index in [9.17, 15) is 9.59 Å². The molecule has 1 atom stereocenters. The highest BCUT2D eigenvalue weighted by molar-refractivity contribution is 5.93. The van der Waals surface area contributed by atoms with E-state index in [2.05, 4.69) is 5.16 Å². The van der Waals surface area contributed by atoms with Crippen molar-refractivity contribution in [2.75, 3.05) is 19.7 Å². The van der Waals surface area contributed by atoms with E-state index < -0.39 is 0 Å². The van der Waals surface area contributed by atoms with E-state index in [1.54, 1.807) is 18.7 Å². The van der Waals surface area contributed by atoms with Gasteiger partial charge in [-0.05, 0) is 26.7 Å². The first-order valence-corrected chi connectivity index (χ1v) is 6.50. The van der Waals surface area contributed by atoms with Crippen molar-refractivity contribution >= 4 is 11.9 Å². The summed E-state index contributed by atoms with van der Waals surface area (Å²) in [6, 6.07) is 0. The van der Waals surface area contributed by atoms with Crippen molar-refractivity contribution in [3.8, 4) is 0 Å². The molecule has 2 rings (SSSR count). The number of amides is 1. The van der Waals surface area contributed by atoms with Crippen LogP contribution in [0.15, 0.2) is 10.7 Å². The zero-order valence-electron chi connectivity index (χ0n) is 11.2. The minimum atomic E-state index is -0.235. The maximum atomic E-state index is 12.2. The van der Waals surface area contributed by atoms with Gasteiger partial charge >= 0.3 is 5.97 Å². The lowest BCUT2D eigenvalue weighted by Crippen LogP contribution is -2.42. The molecule has 19 heavy (non-hydrogen) atoms. The van der Waals surface area contributed by atoms with Gasteiger partial charge in [0, 0.05) is 18.7 Å². The molecule has 6 nitrogen and oxygen atoms in total. The first-order chi connectivity index (χ1) is 9.13. The van der Waals surface area contributed by atoms with Crippen molar-refractivity contribution in [2.45, 2.75) is 26.7 Å². The Balaban J connectivity index is 2.03. The molecule has 0 aliphatic carbocycles. The number of hydrogen-bond donors (Lipinski definition) is 0. The van der Waals surface area contributed by atoms with Crippen molar-refractivity contribution in [1.82, 2.24) is 10.1 Å². The Morgan fingerprint density at radius 3 is 3.00 bits per heavy atom. The van der Waals surface area contributed by atoms with Gasteiger partial charge in [-0.25, -0.2) is 0 Å². The van der Waals surface area contributed by atoms with Crippen LogP contribution in [0.4, 0.5) is 0 Å². The van der Waals surface area contributed by atoms with Gasteiger partial charge < -0.3 is 14.2 Å².